The molecule has 7 heteroatoms. The Morgan fingerprint density at radius 1 is 1.35 bits per heavy atom. The summed E-state index contributed by atoms with van der Waals surface area (Å²) in [4.78, 5) is 22.2. The number of nitrogens with one attached hydrogen (secondary N) is 2. The van der Waals surface area contributed by atoms with Crippen molar-refractivity contribution in [2.24, 2.45) is 0 Å². The van der Waals surface area contributed by atoms with Gasteiger partial charge in [-0.3, -0.25) is 0 Å². The smallest absolute Gasteiger partial charge is 0.326 e. The van der Waals surface area contributed by atoms with E-state index in [1.165, 1.54) is 7.11 Å². The van der Waals surface area contributed by atoms with Crippen molar-refractivity contribution < 1.29 is 24.5 Å². The molecular weight excluding hydrogens is 228 g/mol. The molecule has 0 saturated carbocycles. The first-order valence-electron chi connectivity index (χ1n) is 5.44. The fourth-order valence-electron chi connectivity index (χ4n) is 1.23. The van der Waals surface area contributed by atoms with Gasteiger partial charge in [0.1, 0.15) is 6.04 Å². The quantitative estimate of drug-likeness (QED) is 0.465. The Balaban J connectivity index is 4.16. The second kappa shape index (κ2) is 8.77. The molecule has 0 aromatic rings. The number of hydrogen-bond donors (Lipinski definition) is 4. The zero-order valence-electron chi connectivity index (χ0n) is 10.1. The molecule has 0 bridgehead atoms. The van der Waals surface area contributed by atoms with Gasteiger partial charge in [0, 0.05) is 20.1 Å². The molecule has 0 radical (unpaired) electrons. The number of ether oxygens (including phenoxy) is 1. The van der Waals surface area contributed by atoms with E-state index in [0.717, 1.165) is 0 Å². The minimum atomic E-state index is -1.17. The van der Waals surface area contributed by atoms with Gasteiger partial charge in [-0.25, -0.2) is 9.59 Å². The number of aliphatic hydroxyl groups excluding tert-OH is 1. The molecule has 0 aliphatic rings. The highest BCUT2D eigenvalue weighted by atomic mass is 16.5. The molecule has 0 saturated heterocycles. The van der Waals surface area contributed by atoms with Gasteiger partial charge in [0.15, 0.2) is 0 Å². The molecule has 0 fully saturated rings. The minimum absolute atomic E-state index is 0.0240. The molecule has 0 aromatic carbocycles. The van der Waals surface area contributed by atoms with Gasteiger partial charge < -0.3 is 25.6 Å². The van der Waals surface area contributed by atoms with Crippen LogP contribution in [-0.2, 0) is 9.53 Å². The van der Waals surface area contributed by atoms with Gasteiger partial charge in [0.05, 0.1) is 12.6 Å². The molecular formula is C10H20N2O5. The van der Waals surface area contributed by atoms with Crippen LogP contribution in [0.5, 0.6) is 0 Å². The summed E-state index contributed by atoms with van der Waals surface area (Å²) in [6.45, 7) is 1.94. The molecule has 0 aromatic heterocycles. The normalized spacial score (nSPS) is 13.8. The number of aliphatic carboxylic acids is 1. The van der Waals surface area contributed by atoms with Crippen LogP contribution in [0, 0.1) is 0 Å². The van der Waals surface area contributed by atoms with Gasteiger partial charge >= 0.3 is 12.0 Å². The largest absolute Gasteiger partial charge is 0.480 e. The van der Waals surface area contributed by atoms with E-state index < -0.39 is 18.0 Å². The summed E-state index contributed by atoms with van der Waals surface area (Å²) in [6, 6.07) is -1.82. The lowest BCUT2D eigenvalue weighted by atomic mass is 10.2. The maximum atomic E-state index is 11.5. The van der Waals surface area contributed by atoms with Crippen LogP contribution < -0.4 is 10.6 Å². The standard InChI is InChI=1S/C10H20N2O5/c1-3-7(6-17-2)11-10(16)12-8(4-5-13)9(14)15/h7-8,13H,3-6H2,1-2H3,(H,14,15)(H2,11,12,16)/t7?,8-/m0/s1. The van der Waals surface area contributed by atoms with Crippen LogP contribution in [0.15, 0.2) is 0 Å². The first kappa shape index (κ1) is 15.7. The lowest BCUT2D eigenvalue weighted by molar-refractivity contribution is -0.139. The molecule has 2 amide bonds. The molecule has 100 valence electrons. The molecule has 0 aliphatic heterocycles. The molecule has 0 heterocycles. The Labute approximate surface area is 100 Å². The van der Waals surface area contributed by atoms with Crippen molar-refractivity contribution in [2.45, 2.75) is 31.8 Å². The lowest BCUT2D eigenvalue weighted by Gasteiger charge is -2.19. The van der Waals surface area contributed by atoms with Gasteiger partial charge in [-0.05, 0) is 6.42 Å². The molecule has 4 N–H and O–H groups in total. The third-order valence-electron chi connectivity index (χ3n) is 2.22. The minimum Gasteiger partial charge on any atom is -0.480 e. The molecule has 7 nitrogen and oxygen atoms in total. The lowest BCUT2D eigenvalue weighted by Crippen LogP contribution is -2.50. The van der Waals surface area contributed by atoms with E-state index in [1.807, 2.05) is 6.92 Å². The number of methoxy groups -OCH3 is 1. The Morgan fingerprint density at radius 2 is 2.00 bits per heavy atom. The van der Waals surface area contributed by atoms with E-state index in [2.05, 4.69) is 10.6 Å². The molecule has 0 rings (SSSR count). The van der Waals surface area contributed by atoms with Crippen molar-refractivity contribution >= 4 is 12.0 Å². The number of rotatable bonds is 8. The first-order valence-corrected chi connectivity index (χ1v) is 5.44. The van der Waals surface area contributed by atoms with E-state index in [4.69, 9.17) is 14.9 Å². The Hall–Kier alpha value is -1.34. The van der Waals surface area contributed by atoms with E-state index >= 15 is 0 Å². The van der Waals surface area contributed by atoms with Crippen LogP contribution in [-0.4, -0.2) is 54.6 Å². The summed E-state index contributed by atoms with van der Waals surface area (Å²) in [5.41, 5.74) is 0. The van der Waals surface area contributed by atoms with Gasteiger partial charge in [-0.1, -0.05) is 6.92 Å². The van der Waals surface area contributed by atoms with Crippen molar-refractivity contribution in [1.29, 1.82) is 0 Å². The molecule has 0 aliphatic carbocycles. The van der Waals surface area contributed by atoms with Crippen molar-refractivity contribution in [3.8, 4) is 0 Å². The highest BCUT2D eigenvalue weighted by Gasteiger charge is 2.20. The van der Waals surface area contributed by atoms with Crippen LogP contribution in [0.2, 0.25) is 0 Å². The Bertz CT molecular complexity index is 247. The Morgan fingerprint density at radius 3 is 2.41 bits per heavy atom. The average molecular weight is 248 g/mol. The highest BCUT2D eigenvalue weighted by molar-refractivity contribution is 5.82. The topological polar surface area (TPSA) is 108 Å². The van der Waals surface area contributed by atoms with Crippen molar-refractivity contribution in [1.82, 2.24) is 10.6 Å². The Kier molecular flexibility index (Phi) is 8.08. The zero-order chi connectivity index (χ0) is 13.3. The first-order chi connectivity index (χ1) is 8.04. The summed E-state index contributed by atoms with van der Waals surface area (Å²) >= 11 is 0. The van der Waals surface area contributed by atoms with Gasteiger partial charge in [0.25, 0.3) is 0 Å². The van der Waals surface area contributed by atoms with Crippen molar-refractivity contribution in [3.05, 3.63) is 0 Å². The number of carbonyl (C=O) groups is 2. The summed E-state index contributed by atoms with van der Waals surface area (Å²) in [7, 11) is 1.52. The average Bonchev–Trinajstić information content (AvgIpc) is 2.27. The number of hydrogen-bond acceptors (Lipinski definition) is 4. The summed E-state index contributed by atoms with van der Waals surface area (Å²) < 4.78 is 4.90. The number of carboxylic acids is 1. The van der Waals surface area contributed by atoms with E-state index in [0.29, 0.717) is 13.0 Å². The third-order valence-corrected chi connectivity index (χ3v) is 2.22. The molecule has 17 heavy (non-hydrogen) atoms. The van der Waals surface area contributed by atoms with Crippen LogP contribution in [0.3, 0.4) is 0 Å². The number of urea groups is 1. The highest BCUT2D eigenvalue weighted by Crippen LogP contribution is 1.94. The maximum absolute atomic E-state index is 11.5. The van der Waals surface area contributed by atoms with Crippen molar-refractivity contribution in [3.63, 3.8) is 0 Å². The van der Waals surface area contributed by atoms with Gasteiger partial charge in [0.2, 0.25) is 0 Å². The summed E-state index contributed by atoms with van der Waals surface area (Å²) in [6.07, 6.45) is 0.656. The van der Waals surface area contributed by atoms with Gasteiger partial charge in [-0.15, -0.1) is 0 Å². The molecule has 0 spiro atoms. The fourth-order valence-corrected chi connectivity index (χ4v) is 1.23. The molecule has 2 atom stereocenters. The SMILES string of the molecule is CCC(COC)NC(=O)N[C@@H](CCO)C(=O)O. The van der Waals surface area contributed by atoms with E-state index in [1.54, 1.807) is 0 Å². The number of carbonyl (C=O) groups excluding carboxylic acids is 1. The third kappa shape index (κ3) is 6.75. The summed E-state index contributed by atoms with van der Waals surface area (Å²) in [5, 5.41) is 22.3. The van der Waals surface area contributed by atoms with E-state index in [9.17, 15) is 9.59 Å². The summed E-state index contributed by atoms with van der Waals surface area (Å²) in [5.74, 6) is -1.17. The monoisotopic (exact) mass is 248 g/mol. The van der Waals surface area contributed by atoms with Crippen LogP contribution in [0.25, 0.3) is 0 Å². The second-order valence-electron chi connectivity index (χ2n) is 3.58. The molecule has 1 unspecified atom stereocenters. The van der Waals surface area contributed by atoms with Crippen LogP contribution in [0.1, 0.15) is 19.8 Å². The number of amides is 2. The van der Waals surface area contributed by atoms with Crippen molar-refractivity contribution in [2.75, 3.05) is 20.3 Å². The predicted octanol–water partition coefficient (Wildman–Crippen LogP) is -0.454. The zero-order valence-corrected chi connectivity index (χ0v) is 10.1. The van der Waals surface area contributed by atoms with E-state index in [-0.39, 0.29) is 19.1 Å². The number of aliphatic hydroxyl groups is 1. The maximum Gasteiger partial charge on any atom is 0.326 e. The predicted molar refractivity (Wildman–Crippen MR) is 60.7 cm³/mol. The number of carboxylic acid groups (broad SMARTS) is 1. The fraction of sp³-hybridized carbons (Fsp3) is 0.800. The van der Waals surface area contributed by atoms with Crippen LogP contribution >= 0.6 is 0 Å². The van der Waals surface area contributed by atoms with Crippen LogP contribution in [0.4, 0.5) is 4.79 Å². The second-order valence-corrected chi connectivity index (χ2v) is 3.58. The van der Waals surface area contributed by atoms with Gasteiger partial charge in [-0.2, -0.15) is 0 Å².